The molecule has 2 heteroatoms. The fraction of sp³-hybridized carbons (Fsp3) is 0.680. The van der Waals surface area contributed by atoms with Gasteiger partial charge in [-0.15, -0.1) is 0 Å². The molecule has 1 aromatic rings. The van der Waals surface area contributed by atoms with E-state index >= 15 is 0 Å². The molecule has 0 saturated heterocycles. The third-order valence-electron chi connectivity index (χ3n) is 7.00. The molecule has 0 heterocycles. The molecule has 0 spiro atoms. The summed E-state index contributed by atoms with van der Waals surface area (Å²) in [7, 11) is 0. The van der Waals surface area contributed by atoms with Crippen molar-refractivity contribution in [2.24, 2.45) is 17.8 Å². The minimum Gasteiger partial charge on any atom is -0.205 e. The molecule has 0 unspecified atom stereocenters. The molecular weight excluding hydrogens is 355 g/mol. The minimum absolute atomic E-state index is 0.239. The topological polar surface area (TPSA) is 0 Å². The maximum atomic E-state index is 13.7. The molecule has 1 aromatic carbocycles. The lowest BCUT2D eigenvalue weighted by atomic mass is 9.74. The average Bonchev–Trinajstić information content (AvgIpc) is 2.70. The smallest absolute Gasteiger partial charge is 0.142 e. The Morgan fingerprint density at radius 3 is 2.19 bits per heavy atom. The van der Waals surface area contributed by atoms with Gasteiger partial charge in [0.2, 0.25) is 0 Å². The highest BCUT2D eigenvalue weighted by molar-refractivity contribution is 6.30. The molecule has 2 aliphatic carbocycles. The molecule has 2 fully saturated rings. The minimum atomic E-state index is -0.267. The Kier molecular flexibility index (Phi) is 8.24. The molecule has 0 N–H and O–H groups in total. The lowest BCUT2D eigenvalue weighted by molar-refractivity contribution is 0.246. The summed E-state index contributed by atoms with van der Waals surface area (Å²) in [5, 5.41) is 0.239. The summed E-state index contributed by atoms with van der Waals surface area (Å²) in [6, 6.07) is 5.39. The Morgan fingerprint density at radius 2 is 1.59 bits per heavy atom. The quantitative estimate of drug-likeness (QED) is 0.408. The summed E-state index contributed by atoms with van der Waals surface area (Å²) in [5.74, 6) is 2.96. The van der Waals surface area contributed by atoms with Crippen molar-refractivity contribution in [3.63, 3.8) is 0 Å². The van der Waals surface area contributed by atoms with E-state index in [0.29, 0.717) is 5.92 Å². The van der Waals surface area contributed by atoms with Gasteiger partial charge < -0.3 is 0 Å². The lowest BCUT2D eigenvalue weighted by Gasteiger charge is -2.31. The Bertz CT molecular complexity index is 592. The number of hydrogen-bond donors (Lipinski definition) is 0. The van der Waals surface area contributed by atoms with Crippen LogP contribution in [0.4, 0.5) is 4.39 Å². The average molecular weight is 391 g/mol. The Morgan fingerprint density at radius 1 is 0.963 bits per heavy atom. The summed E-state index contributed by atoms with van der Waals surface area (Å²) in [6.07, 6.45) is 20.9. The summed E-state index contributed by atoms with van der Waals surface area (Å²) in [5.41, 5.74) is 1.14. The maximum Gasteiger partial charge on any atom is 0.142 e. The second kappa shape index (κ2) is 10.6. The second-order valence-electron chi connectivity index (χ2n) is 8.97. The van der Waals surface area contributed by atoms with E-state index in [2.05, 4.69) is 19.1 Å². The van der Waals surface area contributed by atoms with Crippen molar-refractivity contribution in [2.75, 3.05) is 0 Å². The van der Waals surface area contributed by atoms with Crippen LogP contribution in [0.15, 0.2) is 30.4 Å². The maximum absolute atomic E-state index is 13.7. The number of unbranched alkanes of at least 4 members (excludes halogenated alkanes) is 1. The van der Waals surface area contributed by atoms with E-state index < -0.39 is 0 Å². The van der Waals surface area contributed by atoms with Crippen LogP contribution in [0.3, 0.4) is 0 Å². The van der Waals surface area contributed by atoms with E-state index in [1.165, 1.54) is 77.0 Å². The van der Waals surface area contributed by atoms with Crippen LogP contribution < -0.4 is 0 Å². The highest BCUT2D eigenvalue weighted by Gasteiger charge is 2.25. The molecule has 0 radical (unpaired) electrons. The number of halogens is 2. The molecule has 0 atom stereocenters. The van der Waals surface area contributed by atoms with Crippen LogP contribution in [0.25, 0.3) is 0 Å². The van der Waals surface area contributed by atoms with Gasteiger partial charge in [0.05, 0.1) is 5.02 Å². The van der Waals surface area contributed by atoms with Gasteiger partial charge in [0.15, 0.2) is 0 Å². The van der Waals surface area contributed by atoms with Crippen molar-refractivity contribution < 1.29 is 4.39 Å². The van der Waals surface area contributed by atoms with Gasteiger partial charge in [0.25, 0.3) is 0 Å². The van der Waals surface area contributed by atoms with Gasteiger partial charge in [0.1, 0.15) is 5.82 Å². The highest BCUT2D eigenvalue weighted by atomic mass is 35.5. The van der Waals surface area contributed by atoms with Crippen LogP contribution in [-0.2, 0) is 0 Å². The summed E-state index contributed by atoms with van der Waals surface area (Å²) < 4.78 is 13.7. The predicted molar refractivity (Wildman–Crippen MR) is 115 cm³/mol. The highest BCUT2D eigenvalue weighted by Crippen LogP contribution is 2.40. The van der Waals surface area contributed by atoms with Crippen LogP contribution in [0.1, 0.15) is 95.5 Å². The number of rotatable bonds is 7. The number of benzene rings is 1. The van der Waals surface area contributed by atoms with Crippen LogP contribution >= 0.6 is 11.6 Å². The van der Waals surface area contributed by atoms with Crippen molar-refractivity contribution in [3.8, 4) is 0 Å². The first-order valence-electron chi connectivity index (χ1n) is 11.3. The number of hydrogen-bond acceptors (Lipinski definition) is 0. The Hall–Kier alpha value is -0.820. The van der Waals surface area contributed by atoms with Crippen LogP contribution in [0.2, 0.25) is 5.02 Å². The summed E-state index contributed by atoms with van der Waals surface area (Å²) >= 11 is 5.82. The van der Waals surface area contributed by atoms with Crippen molar-refractivity contribution in [1.29, 1.82) is 0 Å². The van der Waals surface area contributed by atoms with Crippen molar-refractivity contribution in [3.05, 3.63) is 46.8 Å². The number of allylic oxidation sites excluding steroid dienone is 2. The molecule has 0 bridgehead atoms. The summed E-state index contributed by atoms with van der Waals surface area (Å²) in [6.45, 7) is 2.25. The van der Waals surface area contributed by atoms with E-state index in [1.807, 2.05) is 6.07 Å². The Labute approximate surface area is 170 Å². The van der Waals surface area contributed by atoms with Gasteiger partial charge in [-0.25, -0.2) is 4.39 Å². The van der Waals surface area contributed by atoms with Gasteiger partial charge in [-0.2, -0.15) is 0 Å². The molecular formula is C25H36ClF. The fourth-order valence-electron chi connectivity index (χ4n) is 5.15. The first kappa shape index (κ1) is 20.9. The molecule has 3 rings (SSSR count). The van der Waals surface area contributed by atoms with Gasteiger partial charge in [0, 0.05) is 0 Å². The lowest BCUT2D eigenvalue weighted by Crippen LogP contribution is -2.17. The molecule has 0 aliphatic heterocycles. The zero-order chi connectivity index (χ0) is 19.1. The monoisotopic (exact) mass is 390 g/mol. The molecule has 2 saturated carbocycles. The van der Waals surface area contributed by atoms with Gasteiger partial charge in [-0.3, -0.25) is 0 Å². The van der Waals surface area contributed by atoms with E-state index in [9.17, 15) is 4.39 Å². The summed E-state index contributed by atoms with van der Waals surface area (Å²) in [4.78, 5) is 0. The SMILES string of the molecule is CCC/C=C/[C@H]1CC[C@H](CC[C@H]2CC[C@H](c3ccc(Cl)c(F)c3)CC2)CC1. The van der Waals surface area contributed by atoms with Gasteiger partial charge in [-0.1, -0.05) is 56.0 Å². The fourth-order valence-corrected chi connectivity index (χ4v) is 5.26. The molecule has 27 heavy (non-hydrogen) atoms. The molecule has 0 nitrogen and oxygen atoms in total. The van der Waals surface area contributed by atoms with Crippen LogP contribution in [-0.4, -0.2) is 0 Å². The van der Waals surface area contributed by atoms with E-state index in [4.69, 9.17) is 11.6 Å². The normalized spacial score (nSPS) is 29.3. The first-order chi connectivity index (χ1) is 13.2. The van der Waals surface area contributed by atoms with Crippen molar-refractivity contribution in [1.82, 2.24) is 0 Å². The van der Waals surface area contributed by atoms with Gasteiger partial charge in [-0.05, 0) is 99.2 Å². The largest absolute Gasteiger partial charge is 0.205 e. The molecule has 0 aromatic heterocycles. The van der Waals surface area contributed by atoms with E-state index in [1.54, 1.807) is 12.1 Å². The second-order valence-corrected chi connectivity index (χ2v) is 9.37. The molecule has 2 aliphatic rings. The standard InChI is InChI=1S/C25H36ClF/c1-2-3-4-5-19-6-8-20(9-7-19)10-11-21-12-14-22(15-13-21)23-16-17-24(26)25(27)18-23/h4-5,16-22H,2-3,6-15H2,1H3/b5-4+/t19-,20-,21-,22-. The predicted octanol–water partition coefficient (Wildman–Crippen LogP) is 8.70. The van der Waals surface area contributed by atoms with E-state index in [0.717, 1.165) is 23.3 Å². The first-order valence-corrected chi connectivity index (χ1v) is 11.6. The Balaban J connectivity index is 1.35. The third-order valence-corrected chi connectivity index (χ3v) is 7.31. The van der Waals surface area contributed by atoms with Crippen LogP contribution in [0.5, 0.6) is 0 Å². The van der Waals surface area contributed by atoms with Gasteiger partial charge >= 0.3 is 0 Å². The van der Waals surface area contributed by atoms with Crippen molar-refractivity contribution >= 4 is 11.6 Å². The van der Waals surface area contributed by atoms with E-state index in [-0.39, 0.29) is 10.8 Å². The third kappa shape index (κ3) is 6.34. The van der Waals surface area contributed by atoms with Crippen LogP contribution in [0, 0.1) is 23.6 Å². The molecule has 0 amide bonds. The molecule has 150 valence electrons. The zero-order valence-corrected chi connectivity index (χ0v) is 17.7. The van der Waals surface area contributed by atoms with Crippen molar-refractivity contribution in [2.45, 2.75) is 89.9 Å². The zero-order valence-electron chi connectivity index (χ0n) is 16.9.